The molecule has 1 aliphatic rings. The Hall–Kier alpha value is -1.28. The first kappa shape index (κ1) is 26.3. The van der Waals surface area contributed by atoms with E-state index in [0.717, 1.165) is 24.2 Å². The second kappa shape index (κ2) is 9.40. The number of nitrogens with zero attached hydrogens (tertiary/aromatic N) is 4. The molecular formula is C26H40N4P2Si. The first-order chi connectivity index (χ1) is 15.1. The average molecular weight is 499 g/mol. The monoisotopic (exact) mass is 498 g/mol. The second-order valence-corrected chi connectivity index (χ2v) is 21.8. The minimum atomic E-state index is -1.50. The summed E-state index contributed by atoms with van der Waals surface area (Å²) in [6, 6.07) is 3.74. The largest absolute Gasteiger partial charge is 0.240 e. The van der Waals surface area contributed by atoms with Crippen LogP contribution >= 0.6 is 17.2 Å². The Kier molecular flexibility index (Phi) is 7.50. The highest BCUT2D eigenvalue weighted by atomic mass is 31.1. The summed E-state index contributed by atoms with van der Waals surface area (Å²) in [7, 11) is 1.28. The quantitative estimate of drug-likeness (QED) is 0.319. The van der Waals surface area contributed by atoms with Crippen molar-refractivity contribution in [2.45, 2.75) is 83.1 Å². The van der Waals surface area contributed by atoms with Gasteiger partial charge in [0.25, 0.3) is 0 Å². The Balaban J connectivity index is 2.25. The van der Waals surface area contributed by atoms with E-state index in [1.807, 2.05) is 36.9 Å². The molecule has 0 N–H and O–H groups in total. The van der Waals surface area contributed by atoms with Gasteiger partial charge in [-0.3, -0.25) is 0 Å². The third-order valence-corrected chi connectivity index (χ3v) is 13.3. The summed E-state index contributed by atoms with van der Waals surface area (Å²) in [5.41, 5.74) is 2.79. The molecule has 7 heteroatoms. The lowest BCUT2D eigenvalue weighted by molar-refractivity contribution is 0.695. The third kappa shape index (κ3) is 5.69. The molecule has 0 aliphatic heterocycles. The zero-order chi connectivity index (χ0) is 24.7. The molecule has 0 saturated heterocycles. The van der Waals surface area contributed by atoms with E-state index in [2.05, 4.69) is 76.5 Å². The maximum absolute atomic E-state index is 4.72. The van der Waals surface area contributed by atoms with Crippen molar-refractivity contribution < 1.29 is 0 Å². The van der Waals surface area contributed by atoms with Gasteiger partial charge in [0.15, 0.2) is 0 Å². The minimum Gasteiger partial charge on any atom is -0.240 e. The number of allylic oxidation sites excluding steroid dienone is 4. The van der Waals surface area contributed by atoms with Crippen LogP contribution in [0.5, 0.6) is 0 Å². The Bertz CT molecular complexity index is 976. The van der Waals surface area contributed by atoms with Gasteiger partial charge in [0, 0.05) is 24.8 Å². The molecule has 0 spiro atoms. The van der Waals surface area contributed by atoms with Gasteiger partial charge in [0.2, 0.25) is 0 Å². The summed E-state index contributed by atoms with van der Waals surface area (Å²) >= 11 is 0. The molecule has 2 aromatic heterocycles. The van der Waals surface area contributed by atoms with Crippen LogP contribution in [0.4, 0.5) is 0 Å². The molecule has 1 atom stereocenters. The predicted molar refractivity (Wildman–Crippen MR) is 149 cm³/mol. The smallest absolute Gasteiger partial charge is 0.149 e. The van der Waals surface area contributed by atoms with Gasteiger partial charge in [-0.15, -0.1) is 9.24 Å². The van der Waals surface area contributed by atoms with Crippen LogP contribution in [-0.2, 0) is 5.16 Å². The summed E-state index contributed by atoms with van der Waals surface area (Å²) in [5, 5.41) is 1.44. The maximum atomic E-state index is 4.72. The molecule has 0 bridgehead atoms. The van der Waals surface area contributed by atoms with Gasteiger partial charge in [-0.1, -0.05) is 80.4 Å². The lowest BCUT2D eigenvalue weighted by Gasteiger charge is -2.42. The summed E-state index contributed by atoms with van der Waals surface area (Å²) < 4.78 is 0. The predicted octanol–water partition coefficient (Wildman–Crippen LogP) is 6.97. The van der Waals surface area contributed by atoms with E-state index in [4.69, 9.17) is 19.9 Å². The average Bonchev–Trinajstić information content (AvgIpc) is 3.16. The normalized spacial score (nSPS) is 15.9. The van der Waals surface area contributed by atoms with Crippen molar-refractivity contribution in [3.8, 4) is 0 Å². The Morgan fingerprint density at radius 3 is 1.61 bits per heavy atom. The fourth-order valence-corrected chi connectivity index (χ4v) is 10.2. The van der Waals surface area contributed by atoms with Crippen LogP contribution in [0, 0.1) is 0 Å². The third-order valence-electron chi connectivity index (χ3n) is 6.33. The van der Waals surface area contributed by atoms with Crippen LogP contribution in [0.1, 0.15) is 59.6 Å². The Labute approximate surface area is 205 Å². The molecule has 0 aromatic carbocycles. The molecule has 2 heterocycles. The fraction of sp³-hybridized carbons (Fsp3) is 0.538. The second-order valence-electron chi connectivity index (χ2n) is 12.0. The molecule has 0 amide bonds. The van der Waals surface area contributed by atoms with Crippen LogP contribution in [0.3, 0.4) is 0 Å². The Morgan fingerprint density at radius 1 is 0.818 bits per heavy atom. The molecule has 33 heavy (non-hydrogen) atoms. The van der Waals surface area contributed by atoms with Crippen LogP contribution in [0.15, 0.2) is 59.3 Å². The first-order valence-corrected chi connectivity index (χ1v) is 17.3. The maximum Gasteiger partial charge on any atom is 0.149 e. The van der Waals surface area contributed by atoms with Gasteiger partial charge < -0.3 is 0 Å². The van der Waals surface area contributed by atoms with Crippen molar-refractivity contribution in [3.05, 3.63) is 71.0 Å². The van der Waals surface area contributed by atoms with Gasteiger partial charge in [-0.2, -0.15) is 0 Å². The van der Waals surface area contributed by atoms with Crippen molar-refractivity contribution in [1.82, 2.24) is 19.9 Å². The topological polar surface area (TPSA) is 51.6 Å². The van der Waals surface area contributed by atoms with E-state index in [9.17, 15) is 0 Å². The molecule has 1 unspecified atom stereocenters. The van der Waals surface area contributed by atoms with Gasteiger partial charge in [-0.25, -0.2) is 19.9 Å². The van der Waals surface area contributed by atoms with E-state index in [-0.39, 0.29) is 18.2 Å². The molecule has 2 aromatic rings. The van der Waals surface area contributed by atoms with Crippen LogP contribution in [0.25, 0.3) is 0 Å². The van der Waals surface area contributed by atoms with E-state index in [0.29, 0.717) is 0 Å². The molecule has 1 aliphatic carbocycles. The lowest BCUT2D eigenvalue weighted by atomic mass is 9.92. The Morgan fingerprint density at radius 2 is 1.24 bits per heavy atom. The molecule has 4 nitrogen and oxygen atoms in total. The summed E-state index contributed by atoms with van der Waals surface area (Å²) in [4.78, 5) is 18.9. The number of aromatic nitrogens is 4. The van der Waals surface area contributed by atoms with E-state index < -0.39 is 13.2 Å². The molecule has 0 fully saturated rings. The van der Waals surface area contributed by atoms with E-state index in [1.54, 1.807) is 5.20 Å². The highest BCUT2D eigenvalue weighted by molar-refractivity contribution is 7.61. The van der Waals surface area contributed by atoms with Gasteiger partial charge >= 0.3 is 0 Å². The van der Waals surface area contributed by atoms with Crippen LogP contribution in [-0.4, -0.2) is 44.5 Å². The van der Waals surface area contributed by atoms with Crippen molar-refractivity contribution in [2.24, 2.45) is 0 Å². The summed E-state index contributed by atoms with van der Waals surface area (Å²) in [5.74, 6) is 1.49. The van der Waals surface area contributed by atoms with Crippen LogP contribution < -0.4 is 0 Å². The molecule has 0 saturated carbocycles. The van der Waals surface area contributed by atoms with Crippen molar-refractivity contribution in [2.75, 3.05) is 6.16 Å². The molecule has 3 rings (SSSR count). The summed E-state index contributed by atoms with van der Waals surface area (Å²) in [6.45, 7) is 21.7. The standard InChI is InChI=1S/C26H40N4P2Si/c1-24(2,3)32(25(4,5)6)18-19-16-20(33(7,8)9)17-21(19)26(31,22-27-12-10-13-28-22)23-29-14-11-15-30-23/h10-16H,17-18,31H2,1-9H3. The van der Waals surface area contributed by atoms with Gasteiger partial charge in [-0.05, 0) is 46.2 Å². The highest BCUT2D eigenvalue weighted by Gasteiger charge is 2.45. The zero-order valence-electron chi connectivity index (χ0n) is 21.8. The number of rotatable bonds is 6. The van der Waals surface area contributed by atoms with Gasteiger partial charge in [0.1, 0.15) is 16.8 Å². The van der Waals surface area contributed by atoms with Gasteiger partial charge in [0.05, 0.1) is 8.07 Å². The highest BCUT2D eigenvalue weighted by Crippen LogP contribution is 2.62. The molecule has 0 radical (unpaired) electrons. The lowest BCUT2D eigenvalue weighted by Crippen LogP contribution is -2.31. The fourth-order valence-electron chi connectivity index (χ4n) is 4.69. The molecule has 178 valence electrons. The minimum absolute atomic E-state index is 0.248. The van der Waals surface area contributed by atoms with Crippen LogP contribution in [0.2, 0.25) is 19.6 Å². The number of hydrogen-bond donors (Lipinski definition) is 0. The first-order valence-electron chi connectivity index (χ1n) is 11.7. The molecular weight excluding hydrogens is 458 g/mol. The SMILES string of the molecule is CC(C)(C)P(CC1=C(C(P)(c2ncccn2)c2ncccn2)CC([Si](C)(C)C)=C1)C(C)(C)C. The number of hydrogen-bond acceptors (Lipinski definition) is 4. The van der Waals surface area contributed by atoms with Crippen molar-refractivity contribution in [3.63, 3.8) is 0 Å². The zero-order valence-corrected chi connectivity index (χ0v) is 24.8. The van der Waals surface area contributed by atoms with Crippen molar-refractivity contribution >= 4 is 25.2 Å². The summed E-state index contributed by atoms with van der Waals surface area (Å²) in [6.07, 6.45) is 11.8. The van der Waals surface area contributed by atoms with E-state index in [1.165, 1.54) is 11.1 Å². The van der Waals surface area contributed by atoms with E-state index >= 15 is 0 Å². The van der Waals surface area contributed by atoms with Crippen molar-refractivity contribution in [1.29, 1.82) is 0 Å².